The van der Waals surface area contributed by atoms with Crippen molar-refractivity contribution in [2.75, 3.05) is 26.8 Å². The molecule has 1 N–H and O–H groups in total. The summed E-state index contributed by atoms with van der Waals surface area (Å²) < 4.78 is 45.4. The number of amides is 1. The van der Waals surface area contributed by atoms with E-state index in [2.05, 4.69) is 9.97 Å². The molecular formula is C28H27F2N5O5. The number of halogens is 2. The van der Waals surface area contributed by atoms with Crippen LogP contribution in [0.25, 0.3) is 22.6 Å². The number of imidazole rings is 2. The maximum Gasteiger partial charge on any atom is 0.409 e. The number of morpholine rings is 1. The third kappa shape index (κ3) is 4.37. The SMILES string of the molecule is COC(=O)N1CCOC(Cc2c(-c3c(F)cc(-n4cnc(C5(C(=O)O)CC5)c4)cc3F)nc3cc(C)ccn23)C1. The van der Waals surface area contributed by atoms with E-state index in [1.54, 1.807) is 10.6 Å². The first kappa shape index (κ1) is 25.9. The Morgan fingerprint density at radius 1 is 1.23 bits per heavy atom. The van der Waals surface area contributed by atoms with Crippen LogP contribution in [-0.4, -0.2) is 73.9 Å². The number of benzene rings is 1. The van der Waals surface area contributed by atoms with E-state index >= 15 is 8.78 Å². The van der Waals surface area contributed by atoms with E-state index in [4.69, 9.17) is 9.47 Å². The van der Waals surface area contributed by atoms with Crippen LogP contribution in [0.1, 0.15) is 29.8 Å². The van der Waals surface area contributed by atoms with E-state index in [0.29, 0.717) is 43.0 Å². The van der Waals surface area contributed by atoms with Gasteiger partial charge in [0.25, 0.3) is 0 Å². The summed E-state index contributed by atoms with van der Waals surface area (Å²) in [5.41, 5.74) is 1.35. The number of aromatic nitrogens is 4. The van der Waals surface area contributed by atoms with Gasteiger partial charge in [-0.05, 0) is 49.6 Å². The highest BCUT2D eigenvalue weighted by molar-refractivity contribution is 5.84. The molecule has 0 spiro atoms. The lowest BCUT2D eigenvalue weighted by atomic mass is 10.0. The van der Waals surface area contributed by atoms with Crippen LogP contribution in [0.2, 0.25) is 0 Å². The molecule has 1 saturated carbocycles. The number of hydrogen-bond donors (Lipinski definition) is 1. The molecule has 1 aliphatic carbocycles. The van der Waals surface area contributed by atoms with Crippen molar-refractivity contribution in [1.29, 1.82) is 0 Å². The van der Waals surface area contributed by atoms with E-state index in [-0.39, 0.29) is 29.9 Å². The summed E-state index contributed by atoms with van der Waals surface area (Å²) in [5, 5.41) is 9.55. The average Bonchev–Trinajstić information content (AvgIpc) is 3.48. The number of fused-ring (bicyclic) bond motifs is 1. The average molecular weight is 552 g/mol. The minimum atomic E-state index is -1.03. The minimum Gasteiger partial charge on any atom is -0.481 e. The van der Waals surface area contributed by atoms with E-state index in [0.717, 1.165) is 5.56 Å². The van der Waals surface area contributed by atoms with Gasteiger partial charge in [0.2, 0.25) is 0 Å². The van der Waals surface area contributed by atoms with Gasteiger partial charge in [0.15, 0.2) is 0 Å². The Hall–Kier alpha value is -4.32. The summed E-state index contributed by atoms with van der Waals surface area (Å²) in [6, 6.07) is 6.06. The Balaban J connectivity index is 1.38. The Labute approximate surface area is 227 Å². The van der Waals surface area contributed by atoms with Gasteiger partial charge in [0.1, 0.15) is 22.7 Å². The lowest BCUT2D eigenvalue weighted by Crippen LogP contribution is -2.46. The van der Waals surface area contributed by atoms with Crippen LogP contribution < -0.4 is 0 Å². The van der Waals surface area contributed by atoms with Crippen LogP contribution >= 0.6 is 0 Å². The second-order valence-electron chi connectivity index (χ2n) is 10.3. The standard InChI is InChI=1S/C28H27F2N5O5/c1-16-3-6-35-21(12-18-13-33(7-8-40-18)27(38)39-2)25(32-23(35)9-16)24-19(29)10-17(11-20(24)30)34-14-22(31-15-34)28(4-5-28)26(36)37/h3,6,9-11,14-15,18H,4-5,7-8,12-13H2,1-2H3,(H,36,37). The summed E-state index contributed by atoms with van der Waals surface area (Å²) >= 11 is 0. The number of carbonyl (C=O) groups is 2. The number of aliphatic carboxylic acids is 1. The second kappa shape index (κ2) is 9.70. The molecule has 6 rings (SSSR count). The molecule has 40 heavy (non-hydrogen) atoms. The van der Waals surface area contributed by atoms with Crippen molar-refractivity contribution in [3.05, 3.63) is 71.6 Å². The van der Waals surface area contributed by atoms with Crippen molar-refractivity contribution in [3.8, 4) is 16.9 Å². The van der Waals surface area contributed by atoms with Crippen molar-refractivity contribution < 1.29 is 33.0 Å². The molecule has 10 nitrogen and oxygen atoms in total. The third-order valence-electron chi connectivity index (χ3n) is 7.67. The maximum absolute atomic E-state index is 15.7. The fraction of sp³-hybridized carbons (Fsp3) is 0.357. The summed E-state index contributed by atoms with van der Waals surface area (Å²) in [7, 11) is 1.31. The fourth-order valence-electron chi connectivity index (χ4n) is 5.30. The number of carbonyl (C=O) groups excluding carboxylic acids is 1. The van der Waals surface area contributed by atoms with Gasteiger partial charge < -0.3 is 28.4 Å². The Kier molecular flexibility index (Phi) is 6.29. The monoisotopic (exact) mass is 551 g/mol. The first-order valence-corrected chi connectivity index (χ1v) is 12.9. The minimum absolute atomic E-state index is 0.139. The first-order chi connectivity index (χ1) is 19.2. The highest BCUT2D eigenvalue weighted by atomic mass is 19.1. The summed E-state index contributed by atoms with van der Waals surface area (Å²) in [6.45, 7) is 2.85. The molecule has 1 saturated heterocycles. The topological polar surface area (TPSA) is 111 Å². The van der Waals surface area contributed by atoms with Crippen LogP contribution in [0.4, 0.5) is 13.6 Å². The summed E-state index contributed by atoms with van der Waals surface area (Å²) in [4.78, 5) is 34.1. The van der Waals surface area contributed by atoms with Crippen LogP contribution in [0.15, 0.2) is 43.0 Å². The van der Waals surface area contributed by atoms with Crippen LogP contribution in [-0.2, 0) is 26.1 Å². The molecule has 1 aliphatic heterocycles. The number of carboxylic acids is 1. The Morgan fingerprint density at radius 2 is 1.98 bits per heavy atom. The van der Waals surface area contributed by atoms with Crippen molar-refractivity contribution in [2.45, 2.75) is 37.7 Å². The quantitative estimate of drug-likeness (QED) is 0.387. The molecule has 3 aromatic heterocycles. The number of carboxylic acid groups (broad SMARTS) is 1. The number of hydrogen-bond acceptors (Lipinski definition) is 6. The normalized spacial score (nSPS) is 18.2. The Bertz CT molecular complexity index is 1620. The van der Waals surface area contributed by atoms with Crippen LogP contribution in [0.5, 0.6) is 0 Å². The van der Waals surface area contributed by atoms with E-state index in [9.17, 15) is 14.7 Å². The van der Waals surface area contributed by atoms with Gasteiger partial charge in [-0.3, -0.25) is 4.79 Å². The summed E-state index contributed by atoms with van der Waals surface area (Å²) in [6.07, 6.45) is 4.94. The molecule has 2 fully saturated rings. The highest BCUT2D eigenvalue weighted by Gasteiger charge is 2.53. The fourth-order valence-corrected chi connectivity index (χ4v) is 5.30. The molecule has 0 bridgehead atoms. The van der Waals surface area contributed by atoms with Crippen molar-refractivity contribution >= 4 is 17.7 Å². The molecule has 1 atom stereocenters. The van der Waals surface area contributed by atoms with Gasteiger partial charge >= 0.3 is 12.1 Å². The molecule has 4 aromatic rings. The molecule has 2 aliphatic rings. The lowest BCUT2D eigenvalue weighted by Gasteiger charge is -2.32. The van der Waals surface area contributed by atoms with E-state index in [1.807, 2.05) is 19.1 Å². The number of pyridine rings is 1. The second-order valence-corrected chi connectivity index (χ2v) is 10.3. The number of ether oxygens (including phenoxy) is 2. The van der Waals surface area contributed by atoms with Gasteiger partial charge in [0.05, 0.1) is 61.0 Å². The molecule has 4 heterocycles. The number of nitrogens with zero attached hydrogens (tertiary/aromatic N) is 5. The van der Waals surface area contributed by atoms with Crippen LogP contribution in [0, 0.1) is 18.6 Å². The van der Waals surface area contributed by atoms with E-state index < -0.39 is 35.2 Å². The molecule has 1 aromatic carbocycles. The van der Waals surface area contributed by atoms with Crippen molar-refractivity contribution in [3.63, 3.8) is 0 Å². The molecule has 1 amide bonds. The van der Waals surface area contributed by atoms with Crippen molar-refractivity contribution in [1.82, 2.24) is 23.8 Å². The zero-order valence-electron chi connectivity index (χ0n) is 21.9. The lowest BCUT2D eigenvalue weighted by molar-refractivity contribution is -0.140. The smallest absolute Gasteiger partial charge is 0.409 e. The first-order valence-electron chi connectivity index (χ1n) is 12.9. The number of methoxy groups -OCH3 is 1. The molecule has 1 unspecified atom stereocenters. The molecule has 12 heteroatoms. The van der Waals surface area contributed by atoms with Gasteiger partial charge in [0, 0.05) is 25.4 Å². The third-order valence-corrected chi connectivity index (χ3v) is 7.67. The van der Waals surface area contributed by atoms with E-state index in [1.165, 1.54) is 41.2 Å². The molecule has 0 radical (unpaired) electrons. The number of aryl methyl sites for hydroxylation is 1. The van der Waals surface area contributed by atoms with Gasteiger partial charge in [-0.15, -0.1) is 0 Å². The Morgan fingerprint density at radius 3 is 2.65 bits per heavy atom. The predicted octanol–water partition coefficient (Wildman–Crippen LogP) is 3.90. The van der Waals surface area contributed by atoms with Gasteiger partial charge in [-0.1, -0.05) is 0 Å². The summed E-state index contributed by atoms with van der Waals surface area (Å²) in [5.74, 6) is -2.62. The highest BCUT2D eigenvalue weighted by Crippen LogP contribution is 2.47. The van der Waals surface area contributed by atoms with Crippen molar-refractivity contribution in [2.24, 2.45) is 0 Å². The molecular weight excluding hydrogens is 524 g/mol. The molecule has 208 valence electrons. The zero-order chi connectivity index (χ0) is 28.2. The maximum atomic E-state index is 15.7. The van der Waals surface area contributed by atoms with Gasteiger partial charge in [-0.25, -0.2) is 23.5 Å². The zero-order valence-corrected chi connectivity index (χ0v) is 21.9. The van der Waals surface area contributed by atoms with Gasteiger partial charge in [-0.2, -0.15) is 0 Å². The number of rotatable bonds is 6. The predicted molar refractivity (Wildman–Crippen MR) is 138 cm³/mol. The largest absolute Gasteiger partial charge is 0.481 e. The van der Waals surface area contributed by atoms with Crippen LogP contribution in [0.3, 0.4) is 0 Å².